The van der Waals surface area contributed by atoms with Gasteiger partial charge in [0.2, 0.25) is 0 Å². The minimum atomic E-state index is -0.318. The van der Waals surface area contributed by atoms with Gasteiger partial charge in [0.25, 0.3) is 6.47 Å². The summed E-state index contributed by atoms with van der Waals surface area (Å²) in [4.78, 5) is 14.2. The molecule has 136 valence electrons. The van der Waals surface area contributed by atoms with Crippen molar-refractivity contribution in [2.24, 2.45) is 0 Å². The van der Waals surface area contributed by atoms with Gasteiger partial charge in [-0.15, -0.1) is 0 Å². The molecule has 0 amide bonds. The Bertz CT molecular complexity index is 658. The summed E-state index contributed by atoms with van der Waals surface area (Å²) in [7, 11) is 0. The molecule has 2 heterocycles. The van der Waals surface area contributed by atoms with Gasteiger partial charge in [-0.2, -0.15) is 5.10 Å². The third-order valence-electron chi connectivity index (χ3n) is 3.73. The summed E-state index contributed by atoms with van der Waals surface area (Å²) in [6, 6.07) is 7.60. The highest BCUT2D eigenvalue weighted by Crippen LogP contribution is 2.24. The number of benzene rings is 1. The van der Waals surface area contributed by atoms with Crippen LogP contribution in [0, 0.1) is 0 Å². The number of ether oxygens (including phenoxy) is 1. The number of nitrogens with one attached hydrogen (secondary N) is 2. The molecule has 7 heteroatoms. The average molecular weight is 365 g/mol. The van der Waals surface area contributed by atoms with Crippen LogP contribution in [0.1, 0.15) is 45.4 Å². The number of rotatable bonds is 3. The molecule has 1 aliphatic rings. The maximum absolute atomic E-state index is 9.60. The molecule has 1 fully saturated rings. The maximum atomic E-state index is 9.60. The first-order valence-electron chi connectivity index (χ1n) is 8.39. The van der Waals surface area contributed by atoms with Gasteiger partial charge in [-0.05, 0) is 71.0 Å². The van der Waals surface area contributed by atoms with E-state index in [0.717, 1.165) is 48.2 Å². The summed E-state index contributed by atoms with van der Waals surface area (Å²) in [6.07, 6.45) is 2.24. The number of nitrogens with zero attached hydrogens (tertiary/aromatic N) is 2. The van der Waals surface area contributed by atoms with Crippen molar-refractivity contribution in [2.75, 3.05) is 13.1 Å². The molecule has 2 N–H and O–H groups in total. The number of hydrogen-bond donors (Lipinski definition) is 2. The minimum absolute atomic E-state index is 0.318. The largest absolute Gasteiger partial charge is 0.462 e. The molecule has 25 heavy (non-hydrogen) atoms. The topological polar surface area (TPSA) is 79.9 Å². The first-order valence-corrected chi connectivity index (χ1v) is 8.77. The lowest BCUT2D eigenvalue weighted by molar-refractivity contribution is -0.138. The summed E-state index contributed by atoms with van der Waals surface area (Å²) in [5.41, 5.74) is 0.678. The Morgan fingerprint density at radius 3 is 2.36 bits per heavy atom. The molecule has 0 unspecified atom stereocenters. The van der Waals surface area contributed by atoms with E-state index < -0.39 is 0 Å². The first-order chi connectivity index (χ1) is 11.9. The van der Waals surface area contributed by atoms with E-state index in [9.17, 15) is 4.79 Å². The monoisotopic (exact) mass is 364 g/mol. The van der Waals surface area contributed by atoms with Gasteiger partial charge in [0.05, 0.1) is 0 Å². The highest BCUT2D eigenvalue weighted by molar-refractivity contribution is 6.30. The number of aromatic nitrogens is 3. The van der Waals surface area contributed by atoms with Crippen molar-refractivity contribution < 1.29 is 9.53 Å². The highest BCUT2D eigenvalue weighted by atomic mass is 35.5. The van der Waals surface area contributed by atoms with Crippen LogP contribution in [0.2, 0.25) is 5.02 Å². The van der Waals surface area contributed by atoms with Crippen molar-refractivity contribution in [2.45, 2.75) is 45.1 Å². The molecular weight excluding hydrogens is 340 g/mol. The van der Waals surface area contributed by atoms with Gasteiger partial charge >= 0.3 is 0 Å². The average Bonchev–Trinajstić information content (AvgIpc) is 3.06. The van der Waals surface area contributed by atoms with E-state index >= 15 is 0 Å². The summed E-state index contributed by atoms with van der Waals surface area (Å²) >= 11 is 5.87. The summed E-state index contributed by atoms with van der Waals surface area (Å²) in [6.45, 7) is 8.04. The molecule has 0 radical (unpaired) electrons. The third kappa shape index (κ3) is 6.48. The Kier molecular flexibility index (Phi) is 6.96. The van der Waals surface area contributed by atoms with Gasteiger partial charge in [0.1, 0.15) is 11.4 Å². The Hall–Kier alpha value is -1.92. The number of carbonyl (C=O) groups excluding carboxylic acids is 1. The molecule has 3 rings (SSSR count). The smallest absolute Gasteiger partial charge is 0.293 e. The lowest BCUT2D eigenvalue weighted by Crippen LogP contribution is -2.27. The Morgan fingerprint density at radius 2 is 1.84 bits per heavy atom. The third-order valence-corrected chi connectivity index (χ3v) is 3.98. The number of H-pyrrole nitrogens is 1. The lowest BCUT2D eigenvalue weighted by atomic mass is 9.98. The van der Waals surface area contributed by atoms with E-state index in [4.69, 9.17) is 11.6 Å². The Balaban J connectivity index is 0.000000277. The van der Waals surface area contributed by atoms with Gasteiger partial charge in [0.15, 0.2) is 5.82 Å². The normalized spacial score (nSPS) is 15.2. The second-order valence-corrected chi connectivity index (χ2v) is 7.34. The number of aromatic amines is 1. The van der Waals surface area contributed by atoms with Gasteiger partial charge in [-0.1, -0.05) is 11.6 Å². The van der Waals surface area contributed by atoms with Crippen molar-refractivity contribution in [1.82, 2.24) is 20.5 Å². The molecule has 1 aromatic carbocycles. The van der Waals surface area contributed by atoms with Crippen LogP contribution in [-0.4, -0.2) is 40.3 Å². The molecule has 1 saturated heterocycles. The van der Waals surface area contributed by atoms with Crippen LogP contribution in [-0.2, 0) is 9.53 Å². The van der Waals surface area contributed by atoms with Crippen LogP contribution >= 0.6 is 11.6 Å². The van der Waals surface area contributed by atoms with Crippen molar-refractivity contribution in [1.29, 1.82) is 0 Å². The molecule has 1 aliphatic heterocycles. The SMILES string of the molecule is CC(C)(C)OC=O.Clc1ccc(-c2n[nH]c(C3CCNCC3)n2)cc1. The van der Waals surface area contributed by atoms with Crippen molar-refractivity contribution in [3.63, 3.8) is 0 Å². The van der Waals surface area contributed by atoms with E-state index in [0.29, 0.717) is 12.4 Å². The molecule has 0 saturated carbocycles. The van der Waals surface area contributed by atoms with Gasteiger partial charge in [-0.3, -0.25) is 9.89 Å². The van der Waals surface area contributed by atoms with Gasteiger partial charge in [-0.25, -0.2) is 4.98 Å². The summed E-state index contributed by atoms with van der Waals surface area (Å²) in [5, 5.41) is 11.4. The second kappa shape index (κ2) is 8.97. The zero-order chi connectivity index (χ0) is 18.3. The fraction of sp³-hybridized carbons (Fsp3) is 0.500. The van der Waals surface area contributed by atoms with Crippen LogP contribution in [0.4, 0.5) is 0 Å². The molecular formula is C18H25ClN4O2. The maximum Gasteiger partial charge on any atom is 0.293 e. The summed E-state index contributed by atoms with van der Waals surface area (Å²) < 4.78 is 4.55. The first kappa shape index (κ1) is 19.4. The standard InChI is InChI=1S/C13H15ClN4.C5H10O2/c14-11-3-1-9(2-4-11)12-16-13(18-17-12)10-5-7-15-8-6-10;1-5(2,3)7-4-6/h1-4,10,15H,5-8H2,(H,16,17,18);4H,1-3H3. The van der Waals surface area contributed by atoms with E-state index in [-0.39, 0.29) is 5.60 Å². The molecule has 2 aromatic rings. The van der Waals surface area contributed by atoms with Crippen molar-refractivity contribution in [3.05, 3.63) is 35.1 Å². The molecule has 1 aromatic heterocycles. The number of piperidine rings is 1. The van der Waals surface area contributed by atoms with Crippen molar-refractivity contribution in [3.8, 4) is 11.4 Å². The van der Waals surface area contributed by atoms with E-state index in [1.54, 1.807) is 0 Å². The lowest BCUT2D eigenvalue weighted by Gasteiger charge is -2.19. The van der Waals surface area contributed by atoms with Crippen molar-refractivity contribution >= 4 is 18.1 Å². The zero-order valence-corrected chi connectivity index (χ0v) is 15.6. The molecule has 0 bridgehead atoms. The second-order valence-electron chi connectivity index (χ2n) is 6.90. The van der Waals surface area contributed by atoms with Crippen LogP contribution in [0.3, 0.4) is 0 Å². The highest BCUT2D eigenvalue weighted by Gasteiger charge is 2.19. The van der Waals surface area contributed by atoms with Crippen LogP contribution < -0.4 is 5.32 Å². The van der Waals surface area contributed by atoms with Gasteiger partial charge in [0, 0.05) is 16.5 Å². The Morgan fingerprint density at radius 1 is 1.20 bits per heavy atom. The predicted octanol–water partition coefficient (Wildman–Crippen LogP) is 3.55. The Labute approximate surface area is 153 Å². The van der Waals surface area contributed by atoms with E-state index in [1.807, 2.05) is 45.0 Å². The fourth-order valence-electron chi connectivity index (χ4n) is 2.42. The predicted molar refractivity (Wildman–Crippen MR) is 98.6 cm³/mol. The number of hydrogen-bond acceptors (Lipinski definition) is 5. The molecule has 0 aliphatic carbocycles. The molecule has 0 spiro atoms. The van der Waals surface area contributed by atoms with E-state index in [2.05, 4.69) is 25.2 Å². The molecule has 0 atom stereocenters. The minimum Gasteiger partial charge on any atom is -0.462 e. The zero-order valence-electron chi connectivity index (χ0n) is 14.9. The van der Waals surface area contributed by atoms with Crippen LogP contribution in [0.5, 0.6) is 0 Å². The van der Waals surface area contributed by atoms with E-state index in [1.165, 1.54) is 0 Å². The molecule has 6 nitrogen and oxygen atoms in total. The van der Waals surface area contributed by atoms with Crippen LogP contribution in [0.25, 0.3) is 11.4 Å². The summed E-state index contributed by atoms with van der Waals surface area (Å²) in [5.74, 6) is 2.25. The van der Waals surface area contributed by atoms with Gasteiger partial charge < -0.3 is 10.1 Å². The number of carbonyl (C=O) groups is 1. The van der Waals surface area contributed by atoms with Crippen LogP contribution in [0.15, 0.2) is 24.3 Å². The quantitative estimate of drug-likeness (QED) is 0.814. The fourth-order valence-corrected chi connectivity index (χ4v) is 2.55. The number of halogens is 1.